The minimum Gasteiger partial charge on any atom is -0.493 e. The van der Waals surface area contributed by atoms with E-state index in [1.165, 1.54) is 24.0 Å². The predicted molar refractivity (Wildman–Crippen MR) is 102 cm³/mol. The summed E-state index contributed by atoms with van der Waals surface area (Å²) in [4.78, 5) is 2.56. The molecule has 2 fully saturated rings. The van der Waals surface area contributed by atoms with E-state index in [1.807, 2.05) is 13.1 Å². The minimum absolute atomic E-state index is 0.0870. The van der Waals surface area contributed by atoms with Crippen LogP contribution < -0.4 is 14.8 Å². The van der Waals surface area contributed by atoms with Gasteiger partial charge in [-0.05, 0) is 56.8 Å². The molecule has 3 aliphatic carbocycles. The molecular formula is C22H28N2O3. The minimum atomic E-state index is -0.886. The fourth-order valence-corrected chi connectivity index (χ4v) is 6.44. The van der Waals surface area contributed by atoms with E-state index in [0.717, 1.165) is 43.3 Å². The van der Waals surface area contributed by atoms with Gasteiger partial charge in [-0.2, -0.15) is 0 Å². The molecule has 27 heavy (non-hydrogen) atoms. The summed E-state index contributed by atoms with van der Waals surface area (Å²) >= 11 is 0. The van der Waals surface area contributed by atoms with Gasteiger partial charge in [0.25, 0.3) is 0 Å². The molecule has 0 aromatic heterocycles. The number of aliphatic hydroxyl groups is 1. The molecule has 1 spiro atoms. The predicted octanol–water partition coefficient (Wildman–Crippen LogP) is 1.62. The number of hydrogen-bond donors (Lipinski definition) is 2. The van der Waals surface area contributed by atoms with Crippen molar-refractivity contribution in [3.63, 3.8) is 0 Å². The SMILES string of the molecule is CN[C@H]1C=C[C@@]2(O)[C@H]3Cc4ccc(OC)c5c4[C@@]2(CCN3CC2CC2)[C@H]1O5. The maximum Gasteiger partial charge on any atom is 0.166 e. The van der Waals surface area contributed by atoms with Gasteiger partial charge >= 0.3 is 0 Å². The van der Waals surface area contributed by atoms with Crippen molar-refractivity contribution in [2.75, 3.05) is 27.2 Å². The third-order valence-electron chi connectivity index (χ3n) is 7.88. The van der Waals surface area contributed by atoms with Gasteiger partial charge in [0.2, 0.25) is 0 Å². The van der Waals surface area contributed by atoms with Crippen LogP contribution in [0.25, 0.3) is 0 Å². The van der Waals surface area contributed by atoms with Crippen LogP contribution in [0.2, 0.25) is 0 Å². The zero-order valence-corrected chi connectivity index (χ0v) is 16.1. The number of ether oxygens (including phenoxy) is 2. The Morgan fingerprint density at radius 3 is 2.96 bits per heavy atom. The maximum atomic E-state index is 12.2. The van der Waals surface area contributed by atoms with Crippen molar-refractivity contribution in [1.29, 1.82) is 0 Å². The van der Waals surface area contributed by atoms with Gasteiger partial charge in [0.15, 0.2) is 11.5 Å². The lowest BCUT2D eigenvalue weighted by atomic mass is 9.50. The standard InChI is InChI=1S/C22H28N2O3/c1-23-15-7-8-22(25)17-11-14-5-6-16(26-2)19-18(14)21(22,20(15)27-19)9-10-24(17)12-13-3-4-13/h5-8,13,15,17,20,23,25H,3-4,9-12H2,1-2H3/t15-,17+,20-,21-,22+/m0/s1. The Morgan fingerprint density at radius 1 is 1.37 bits per heavy atom. The highest BCUT2D eigenvalue weighted by molar-refractivity contribution is 5.64. The normalized spacial score (nSPS) is 41.2. The van der Waals surface area contributed by atoms with Crippen LogP contribution in [0.15, 0.2) is 24.3 Å². The van der Waals surface area contributed by atoms with Gasteiger partial charge in [0.05, 0.1) is 18.6 Å². The molecule has 5 heteroatoms. The zero-order chi connectivity index (χ0) is 18.4. The fourth-order valence-electron chi connectivity index (χ4n) is 6.44. The second kappa shape index (κ2) is 5.28. The summed E-state index contributed by atoms with van der Waals surface area (Å²) in [5, 5.41) is 15.6. The van der Waals surface area contributed by atoms with E-state index in [9.17, 15) is 5.11 Å². The Morgan fingerprint density at radius 2 is 2.22 bits per heavy atom. The third kappa shape index (κ3) is 1.86. The number of piperidine rings is 1. The van der Waals surface area contributed by atoms with Crippen molar-refractivity contribution in [1.82, 2.24) is 10.2 Å². The van der Waals surface area contributed by atoms with Gasteiger partial charge in [0, 0.05) is 18.2 Å². The first-order valence-corrected chi connectivity index (χ1v) is 10.3. The number of likely N-dealkylation sites (tertiary alicyclic amines) is 1. The summed E-state index contributed by atoms with van der Waals surface area (Å²) in [6.07, 6.45) is 8.60. The molecule has 0 amide bonds. The van der Waals surface area contributed by atoms with E-state index >= 15 is 0 Å². The van der Waals surface area contributed by atoms with Gasteiger partial charge in [0.1, 0.15) is 11.7 Å². The monoisotopic (exact) mass is 368 g/mol. The summed E-state index contributed by atoms with van der Waals surface area (Å²) in [6.45, 7) is 2.15. The van der Waals surface area contributed by atoms with Gasteiger partial charge < -0.3 is 19.9 Å². The van der Waals surface area contributed by atoms with Crippen molar-refractivity contribution in [3.05, 3.63) is 35.4 Å². The molecule has 0 unspecified atom stereocenters. The van der Waals surface area contributed by atoms with Crippen LogP contribution in [-0.4, -0.2) is 61.0 Å². The van der Waals surface area contributed by atoms with Crippen LogP contribution in [0, 0.1) is 5.92 Å². The highest BCUT2D eigenvalue weighted by Crippen LogP contribution is 2.64. The number of nitrogens with one attached hydrogen (secondary N) is 1. The summed E-state index contributed by atoms with van der Waals surface area (Å²) in [7, 11) is 3.67. The average Bonchev–Trinajstić information content (AvgIpc) is 3.41. The number of hydrogen-bond acceptors (Lipinski definition) is 5. The number of methoxy groups -OCH3 is 1. The molecule has 144 valence electrons. The largest absolute Gasteiger partial charge is 0.493 e. The van der Waals surface area contributed by atoms with Gasteiger partial charge in [-0.1, -0.05) is 18.2 Å². The highest BCUT2D eigenvalue weighted by Gasteiger charge is 2.71. The van der Waals surface area contributed by atoms with E-state index in [4.69, 9.17) is 9.47 Å². The number of rotatable bonds is 4. The molecule has 2 N–H and O–H groups in total. The molecule has 2 aliphatic heterocycles. The first kappa shape index (κ1) is 16.4. The maximum absolute atomic E-state index is 12.2. The Hall–Kier alpha value is -1.56. The van der Waals surface area contributed by atoms with Crippen LogP contribution in [0.5, 0.6) is 11.5 Å². The summed E-state index contributed by atoms with van der Waals surface area (Å²) in [5.74, 6) is 2.47. The van der Waals surface area contributed by atoms with Crippen LogP contribution >= 0.6 is 0 Å². The lowest BCUT2D eigenvalue weighted by Crippen LogP contribution is -2.76. The van der Waals surface area contributed by atoms with E-state index in [1.54, 1.807) is 7.11 Å². The molecule has 1 saturated heterocycles. The van der Waals surface area contributed by atoms with E-state index in [0.29, 0.717) is 0 Å². The molecule has 1 saturated carbocycles. The first-order chi connectivity index (χ1) is 13.1. The summed E-state index contributed by atoms with van der Waals surface area (Å²) in [5.41, 5.74) is 1.26. The highest BCUT2D eigenvalue weighted by atomic mass is 16.5. The molecule has 5 nitrogen and oxygen atoms in total. The van der Waals surface area contributed by atoms with Gasteiger partial charge in [-0.3, -0.25) is 4.90 Å². The average molecular weight is 368 g/mol. The topological polar surface area (TPSA) is 54.0 Å². The number of likely N-dealkylation sites (N-methyl/N-ethyl adjacent to an activating group) is 1. The van der Waals surface area contributed by atoms with Crippen LogP contribution in [-0.2, 0) is 11.8 Å². The lowest BCUT2D eigenvalue weighted by molar-refractivity contribution is -0.144. The lowest BCUT2D eigenvalue weighted by Gasteiger charge is -2.62. The molecular weight excluding hydrogens is 340 g/mol. The van der Waals surface area contributed by atoms with Crippen LogP contribution in [0.1, 0.15) is 30.4 Å². The van der Waals surface area contributed by atoms with Gasteiger partial charge in [-0.25, -0.2) is 0 Å². The van der Waals surface area contributed by atoms with E-state index in [-0.39, 0.29) is 18.2 Å². The van der Waals surface area contributed by atoms with Crippen molar-refractivity contribution in [2.24, 2.45) is 5.92 Å². The third-order valence-corrected chi connectivity index (χ3v) is 7.88. The Balaban J connectivity index is 1.57. The van der Waals surface area contributed by atoms with Gasteiger partial charge in [-0.15, -0.1) is 0 Å². The Kier molecular flexibility index (Phi) is 3.21. The van der Waals surface area contributed by atoms with Crippen LogP contribution in [0.4, 0.5) is 0 Å². The molecule has 2 bridgehead atoms. The van der Waals surface area contributed by atoms with E-state index < -0.39 is 11.0 Å². The van der Waals surface area contributed by atoms with Crippen molar-refractivity contribution in [2.45, 2.75) is 54.9 Å². The molecule has 1 aromatic carbocycles. The second-order valence-electron chi connectivity index (χ2n) is 9.05. The number of nitrogens with zero attached hydrogens (tertiary/aromatic N) is 1. The van der Waals surface area contributed by atoms with Crippen molar-refractivity contribution in [3.8, 4) is 11.5 Å². The molecule has 5 atom stereocenters. The fraction of sp³-hybridized carbons (Fsp3) is 0.636. The molecule has 2 heterocycles. The Labute approximate surface area is 160 Å². The molecule has 1 aromatic rings. The second-order valence-corrected chi connectivity index (χ2v) is 9.05. The molecule has 5 aliphatic rings. The molecule has 0 radical (unpaired) electrons. The van der Waals surface area contributed by atoms with Crippen molar-refractivity contribution >= 4 is 0 Å². The summed E-state index contributed by atoms with van der Waals surface area (Å²) < 4.78 is 12.2. The molecule has 6 rings (SSSR count). The number of benzene rings is 1. The first-order valence-electron chi connectivity index (χ1n) is 10.3. The summed E-state index contributed by atoms with van der Waals surface area (Å²) in [6, 6.07) is 4.45. The quantitative estimate of drug-likeness (QED) is 0.791. The van der Waals surface area contributed by atoms with Crippen molar-refractivity contribution < 1.29 is 14.6 Å². The van der Waals surface area contributed by atoms with E-state index in [2.05, 4.69) is 28.4 Å². The van der Waals surface area contributed by atoms with Crippen LogP contribution in [0.3, 0.4) is 0 Å². The Bertz CT molecular complexity index is 835. The zero-order valence-electron chi connectivity index (χ0n) is 16.1. The smallest absolute Gasteiger partial charge is 0.166 e.